The molecule has 2 N–H and O–H groups in total. The zero-order valence-corrected chi connectivity index (χ0v) is 12.6. The van der Waals surface area contributed by atoms with Gasteiger partial charge in [-0.1, -0.05) is 28.1 Å². The fraction of sp³-hybridized carbons (Fsp3) is 0.571. The van der Waals surface area contributed by atoms with E-state index in [0.717, 1.165) is 17.5 Å². The van der Waals surface area contributed by atoms with Gasteiger partial charge in [0, 0.05) is 29.7 Å². The molecule has 0 aliphatic carbocycles. The van der Waals surface area contributed by atoms with E-state index in [0.29, 0.717) is 12.6 Å². The number of likely N-dealkylation sites (N-methyl/N-ethyl adjacent to an activating group) is 1. The van der Waals surface area contributed by atoms with Crippen LogP contribution in [0.15, 0.2) is 28.7 Å². The number of ether oxygens (including phenoxy) is 1. The smallest absolute Gasteiger partial charge is 0.0703 e. The predicted octanol–water partition coefficient (Wildman–Crippen LogP) is 2.56. The van der Waals surface area contributed by atoms with Gasteiger partial charge in [0.25, 0.3) is 0 Å². The molecule has 0 radical (unpaired) electrons. The second-order valence-corrected chi connectivity index (χ2v) is 5.82. The van der Waals surface area contributed by atoms with Crippen LogP contribution in [0, 0.1) is 0 Å². The largest absolute Gasteiger partial charge is 0.377 e. The number of nitrogens with zero attached hydrogens (tertiary/aromatic N) is 1. The SMILES string of the molecule is CC1OCCC1N(C)C(CN)c1cccc(Br)c1. The third-order valence-corrected chi connectivity index (χ3v) is 4.30. The number of nitrogens with two attached hydrogens (primary N) is 1. The summed E-state index contributed by atoms with van der Waals surface area (Å²) in [4.78, 5) is 2.36. The number of halogens is 1. The van der Waals surface area contributed by atoms with Crippen LogP contribution in [0.1, 0.15) is 24.9 Å². The molecule has 1 aliphatic heterocycles. The third kappa shape index (κ3) is 2.94. The Balaban J connectivity index is 2.17. The van der Waals surface area contributed by atoms with Crippen molar-refractivity contribution in [1.29, 1.82) is 0 Å². The Labute approximate surface area is 117 Å². The highest BCUT2D eigenvalue weighted by atomic mass is 79.9. The van der Waals surface area contributed by atoms with E-state index in [-0.39, 0.29) is 12.1 Å². The Hall–Kier alpha value is -0.420. The highest BCUT2D eigenvalue weighted by molar-refractivity contribution is 9.10. The maximum absolute atomic E-state index is 5.97. The quantitative estimate of drug-likeness (QED) is 0.928. The second-order valence-electron chi connectivity index (χ2n) is 4.90. The summed E-state index contributed by atoms with van der Waals surface area (Å²) in [5.41, 5.74) is 7.23. The highest BCUT2D eigenvalue weighted by Gasteiger charge is 2.31. The lowest BCUT2D eigenvalue weighted by Crippen LogP contribution is -2.42. The van der Waals surface area contributed by atoms with Crippen LogP contribution < -0.4 is 5.73 Å². The van der Waals surface area contributed by atoms with Crippen molar-refractivity contribution >= 4 is 15.9 Å². The first-order valence-corrected chi connectivity index (χ1v) is 7.22. The summed E-state index contributed by atoms with van der Waals surface area (Å²) in [6, 6.07) is 9.09. The highest BCUT2D eigenvalue weighted by Crippen LogP contribution is 2.28. The lowest BCUT2D eigenvalue weighted by atomic mass is 10.0. The summed E-state index contributed by atoms with van der Waals surface area (Å²) in [7, 11) is 2.15. The van der Waals surface area contributed by atoms with Crippen molar-refractivity contribution in [2.45, 2.75) is 31.5 Å². The molecule has 4 heteroatoms. The van der Waals surface area contributed by atoms with Crippen molar-refractivity contribution in [2.75, 3.05) is 20.2 Å². The van der Waals surface area contributed by atoms with Crippen LogP contribution >= 0.6 is 15.9 Å². The van der Waals surface area contributed by atoms with Crippen molar-refractivity contribution in [3.8, 4) is 0 Å². The summed E-state index contributed by atoms with van der Waals surface area (Å²) in [5.74, 6) is 0. The first-order valence-electron chi connectivity index (χ1n) is 6.42. The number of rotatable bonds is 4. The standard InChI is InChI=1S/C14H21BrN2O/c1-10-13(6-7-18-10)17(2)14(9-16)11-4-3-5-12(15)8-11/h3-5,8,10,13-14H,6-7,9,16H2,1-2H3. The summed E-state index contributed by atoms with van der Waals surface area (Å²) in [6.07, 6.45) is 1.37. The molecule has 1 heterocycles. The van der Waals surface area contributed by atoms with E-state index in [4.69, 9.17) is 10.5 Å². The molecule has 3 atom stereocenters. The molecule has 3 nitrogen and oxygen atoms in total. The normalized spacial score (nSPS) is 25.6. The molecule has 2 rings (SSSR count). The molecular formula is C14H21BrN2O. The third-order valence-electron chi connectivity index (χ3n) is 3.81. The van der Waals surface area contributed by atoms with Crippen molar-refractivity contribution in [1.82, 2.24) is 4.90 Å². The maximum atomic E-state index is 5.97. The zero-order chi connectivity index (χ0) is 13.1. The van der Waals surface area contributed by atoms with Crippen molar-refractivity contribution in [3.05, 3.63) is 34.3 Å². The van der Waals surface area contributed by atoms with Crippen molar-refractivity contribution in [3.63, 3.8) is 0 Å². The first-order chi connectivity index (χ1) is 8.63. The molecule has 1 aromatic rings. The lowest BCUT2D eigenvalue weighted by Gasteiger charge is -2.34. The molecule has 1 aliphatic rings. The average Bonchev–Trinajstić information content (AvgIpc) is 2.76. The molecule has 0 amide bonds. The molecule has 18 heavy (non-hydrogen) atoms. The summed E-state index contributed by atoms with van der Waals surface area (Å²) < 4.78 is 6.75. The van der Waals surface area contributed by atoms with Gasteiger partial charge in [-0.05, 0) is 38.1 Å². The van der Waals surface area contributed by atoms with E-state index >= 15 is 0 Å². The monoisotopic (exact) mass is 312 g/mol. The van der Waals surface area contributed by atoms with E-state index in [1.165, 1.54) is 5.56 Å². The summed E-state index contributed by atoms with van der Waals surface area (Å²) in [6.45, 7) is 3.62. The van der Waals surface area contributed by atoms with Gasteiger partial charge in [-0.15, -0.1) is 0 Å². The molecule has 0 bridgehead atoms. The van der Waals surface area contributed by atoms with Gasteiger partial charge in [0.15, 0.2) is 0 Å². The van der Waals surface area contributed by atoms with Gasteiger partial charge in [-0.25, -0.2) is 0 Å². The van der Waals surface area contributed by atoms with Gasteiger partial charge in [0.05, 0.1) is 6.10 Å². The van der Waals surface area contributed by atoms with Crippen LogP contribution in [0.2, 0.25) is 0 Å². The molecule has 1 fully saturated rings. The van der Waals surface area contributed by atoms with Crippen LogP contribution in [-0.4, -0.2) is 37.2 Å². The zero-order valence-electron chi connectivity index (χ0n) is 11.0. The molecular weight excluding hydrogens is 292 g/mol. The Morgan fingerprint density at radius 3 is 2.89 bits per heavy atom. The lowest BCUT2D eigenvalue weighted by molar-refractivity contribution is 0.0686. The number of hydrogen-bond donors (Lipinski definition) is 1. The molecule has 1 saturated heterocycles. The van der Waals surface area contributed by atoms with Crippen molar-refractivity contribution in [2.24, 2.45) is 5.73 Å². The Bertz CT molecular complexity index is 399. The number of hydrogen-bond acceptors (Lipinski definition) is 3. The van der Waals surface area contributed by atoms with Crippen LogP contribution in [0.5, 0.6) is 0 Å². The molecule has 1 aromatic carbocycles. The van der Waals surface area contributed by atoms with Crippen LogP contribution in [-0.2, 0) is 4.74 Å². The summed E-state index contributed by atoms with van der Waals surface area (Å²) >= 11 is 3.52. The fourth-order valence-corrected chi connectivity index (χ4v) is 3.15. The molecule has 0 saturated carbocycles. The number of benzene rings is 1. The van der Waals surface area contributed by atoms with E-state index in [1.807, 2.05) is 6.07 Å². The van der Waals surface area contributed by atoms with Crippen LogP contribution in [0.4, 0.5) is 0 Å². The van der Waals surface area contributed by atoms with Gasteiger partial charge < -0.3 is 10.5 Å². The van der Waals surface area contributed by atoms with Crippen molar-refractivity contribution < 1.29 is 4.74 Å². The topological polar surface area (TPSA) is 38.5 Å². The predicted molar refractivity (Wildman–Crippen MR) is 77.5 cm³/mol. The Morgan fingerprint density at radius 2 is 2.33 bits per heavy atom. The minimum atomic E-state index is 0.247. The molecule has 0 spiro atoms. The van der Waals surface area contributed by atoms with Gasteiger partial charge in [-0.3, -0.25) is 4.90 Å². The average molecular weight is 313 g/mol. The van der Waals surface area contributed by atoms with Gasteiger partial charge >= 0.3 is 0 Å². The fourth-order valence-electron chi connectivity index (χ4n) is 2.74. The Kier molecular flexibility index (Phi) is 4.78. The molecule has 100 valence electrons. The van der Waals surface area contributed by atoms with Crippen LogP contribution in [0.3, 0.4) is 0 Å². The minimum absolute atomic E-state index is 0.247. The van der Waals surface area contributed by atoms with Gasteiger partial charge in [0.1, 0.15) is 0 Å². The molecule has 0 aromatic heterocycles. The second kappa shape index (κ2) is 6.15. The van der Waals surface area contributed by atoms with Crippen LogP contribution in [0.25, 0.3) is 0 Å². The minimum Gasteiger partial charge on any atom is -0.377 e. The van der Waals surface area contributed by atoms with E-state index < -0.39 is 0 Å². The maximum Gasteiger partial charge on any atom is 0.0703 e. The molecule has 3 unspecified atom stereocenters. The van der Waals surface area contributed by atoms with Gasteiger partial charge in [0.2, 0.25) is 0 Å². The van der Waals surface area contributed by atoms with E-state index in [1.54, 1.807) is 0 Å². The first kappa shape index (κ1) is 14.0. The van der Waals surface area contributed by atoms with Gasteiger partial charge in [-0.2, -0.15) is 0 Å². The summed E-state index contributed by atoms with van der Waals surface area (Å²) in [5, 5.41) is 0. The van der Waals surface area contributed by atoms with E-state index in [2.05, 4.69) is 53.0 Å². The van der Waals surface area contributed by atoms with E-state index in [9.17, 15) is 0 Å². The Morgan fingerprint density at radius 1 is 1.56 bits per heavy atom.